The van der Waals surface area contributed by atoms with Crippen LogP contribution in [0.1, 0.15) is 5.56 Å². The maximum Gasteiger partial charge on any atom is 0.263 e. The first-order valence-electron chi connectivity index (χ1n) is 10.7. The minimum Gasteiger partial charge on any atom is -0.497 e. The number of aliphatic imine (C=N–C) groups is 1. The van der Waals surface area contributed by atoms with E-state index in [1.165, 1.54) is 18.0 Å². The fourth-order valence-corrected chi connectivity index (χ4v) is 7.83. The first kappa shape index (κ1) is 23.9. The normalized spacial score (nSPS) is 22.3. The first-order valence-corrected chi connectivity index (χ1v) is 13.4. The van der Waals surface area contributed by atoms with Gasteiger partial charge in [-0.05, 0) is 36.2 Å². The third-order valence-electron chi connectivity index (χ3n) is 5.63. The average molecular weight is 497 g/mol. The van der Waals surface area contributed by atoms with Crippen molar-refractivity contribution in [3.8, 4) is 11.8 Å². The van der Waals surface area contributed by atoms with Gasteiger partial charge in [-0.15, -0.1) is 0 Å². The summed E-state index contributed by atoms with van der Waals surface area (Å²) < 4.78 is 29.7. The van der Waals surface area contributed by atoms with Crippen LogP contribution in [0.4, 0.5) is 5.69 Å². The van der Waals surface area contributed by atoms with Gasteiger partial charge < -0.3 is 15.0 Å². The van der Waals surface area contributed by atoms with E-state index in [1.54, 1.807) is 19.2 Å². The van der Waals surface area contributed by atoms with Crippen molar-refractivity contribution in [3.63, 3.8) is 0 Å². The van der Waals surface area contributed by atoms with E-state index >= 15 is 0 Å². The van der Waals surface area contributed by atoms with E-state index in [4.69, 9.17) is 4.74 Å². The van der Waals surface area contributed by atoms with Gasteiger partial charge >= 0.3 is 0 Å². The molecule has 2 aliphatic heterocycles. The number of nitrogens with one attached hydrogen (secondary N) is 1. The second-order valence-corrected chi connectivity index (χ2v) is 11.3. The molecule has 0 bridgehead atoms. The van der Waals surface area contributed by atoms with Crippen LogP contribution in [0.3, 0.4) is 0 Å². The van der Waals surface area contributed by atoms with E-state index in [-0.39, 0.29) is 28.4 Å². The van der Waals surface area contributed by atoms with Crippen molar-refractivity contribution in [2.45, 2.75) is 17.7 Å². The van der Waals surface area contributed by atoms with E-state index in [2.05, 4.69) is 10.3 Å². The summed E-state index contributed by atoms with van der Waals surface area (Å²) in [6, 6.07) is 18.7. The third-order valence-corrected chi connectivity index (χ3v) is 8.85. The minimum absolute atomic E-state index is 0.0323. The van der Waals surface area contributed by atoms with Gasteiger partial charge in [0.2, 0.25) is 0 Å². The number of thioether (sulfide) groups is 1. The molecule has 2 saturated heterocycles. The Morgan fingerprint density at radius 2 is 1.97 bits per heavy atom. The van der Waals surface area contributed by atoms with E-state index in [1.807, 2.05) is 53.4 Å². The molecular formula is C24H24N4O4S2. The van der Waals surface area contributed by atoms with Crippen molar-refractivity contribution >= 4 is 38.4 Å². The topological polar surface area (TPSA) is 112 Å². The molecule has 2 aromatic carbocycles. The Hall–Kier alpha value is -3.29. The van der Waals surface area contributed by atoms with Crippen LogP contribution in [0, 0.1) is 11.3 Å². The van der Waals surface area contributed by atoms with E-state index in [9.17, 15) is 18.5 Å². The maximum atomic E-state index is 12.5. The van der Waals surface area contributed by atoms with Crippen molar-refractivity contribution in [3.05, 3.63) is 71.9 Å². The summed E-state index contributed by atoms with van der Waals surface area (Å²) in [6.45, 7) is 0.396. The number of methoxy groups -OCH3 is 1. The summed E-state index contributed by atoms with van der Waals surface area (Å²) in [7, 11) is -1.56. The molecule has 2 aliphatic rings. The summed E-state index contributed by atoms with van der Waals surface area (Å²) in [4.78, 5) is 18.8. The van der Waals surface area contributed by atoms with Crippen LogP contribution < -0.4 is 15.0 Å². The van der Waals surface area contributed by atoms with Crippen LogP contribution in [0.2, 0.25) is 0 Å². The maximum absolute atomic E-state index is 12.5. The lowest BCUT2D eigenvalue weighted by atomic mass is 10.1. The second-order valence-electron chi connectivity index (χ2n) is 7.93. The van der Waals surface area contributed by atoms with Gasteiger partial charge in [-0.3, -0.25) is 4.79 Å². The quantitative estimate of drug-likeness (QED) is 0.463. The molecule has 0 radical (unpaired) electrons. The van der Waals surface area contributed by atoms with Crippen LogP contribution in [0.25, 0.3) is 0 Å². The molecular weight excluding hydrogens is 472 g/mol. The molecule has 0 spiro atoms. The molecule has 10 heteroatoms. The van der Waals surface area contributed by atoms with E-state index in [0.29, 0.717) is 23.9 Å². The smallest absolute Gasteiger partial charge is 0.263 e. The highest BCUT2D eigenvalue weighted by Crippen LogP contribution is 2.41. The van der Waals surface area contributed by atoms with Gasteiger partial charge in [0.05, 0.1) is 30.9 Å². The lowest BCUT2D eigenvalue weighted by Gasteiger charge is -2.24. The SMILES string of the molecule is COc1ccc(N2C(=N/C=C(\C#N)C(=O)NCCc3ccccc3)S[C@H]3CS(=O)(=O)C[C@H]32)cc1. The summed E-state index contributed by atoms with van der Waals surface area (Å²) >= 11 is 1.36. The fourth-order valence-electron chi connectivity index (χ4n) is 3.94. The molecule has 0 saturated carbocycles. The Labute approximate surface area is 203 Å². The molecule has 2 atom stereocenters. The Morgan fingerprint density at radius 3 is 2.65 bits per heavy atom. The molecule has 1 N–H and O–H groups in total. The number of sulfone groups is 1. The highest BCUT2D eigenvalue weighted by atomic mass is 32.2. The van der Waals surface area contributed by atoms with Crippen LogP contribution in [-0.2, 0) is 21.1 Å². The number of hydrogen-bond acceptors (Lipinski definition) is 7. The molecule has 34 heavy (non-hydrogen) atoms. The van der Waals surface area contributed by atoms with Gasteiger partial charge in [-0.1, -0.05) is 42.1 Å². The number of benzene rings is 2. The molecule has 176 valence electrons. The minimum atomic E-state index is -3.14. The predicted octanol–water partition coefficient (Wildman–Crippen LogP) is 2.54. The van der Waals surface area contributed by atoms with Crippen LogP contribution >= 0.6 is 11.8 Å². The zero-order valence-corrected chi connectivity index (χ0v) is 20.2. The van der Waals surface area contributed by atoms with Gasteiger partial charge in [0.1, 0.15) is 17.4 Å². The zero-order valence-electron chi connectivity index (χ0n) is 18.5. The number of nitrogens with zero attached hydrogens (tertiary/aromatic N) is 3. The van der Waals surface area contributed by atoms with Gasteiger partial charge in [0, 0.05) is 17.5 Å². The molecule has 8 nitrogen and oxygen atoms in total. The summed E-state index contributed by atoms with van der Waals surface area (Å²) in [6.07, 6.45) is 1.91. The largest absolute Gasteiger partial charge is 0.497 e. The number of amidine groups is 1. The highest BCUT2D eigenvalue weighted by Gasteiger charge is 2.49. The van der Waals surface area contributed by atoms with Gasteiger partial charge in [0.15, 0.2) is 15.0 Å². The number of carbonyl (C=O) groups is 1. The van der Waals surface area contributed by atoms with Crippen molar-refractivity contribution in [1.29, 1.82) is 5.26 Å². The second kappa shape index (κ2) is 10.3. The van der Waals surface area contributed by atoms with Crippen molar-refractivity contribution in [2.75, 3.05) is 30.1 Å². The Balaban J connectivity index is 1.52. The number of amides is 1. The third kappa shape index (κ3) is 5.43. The lowest BCUT2D eigenvalue weighted by molar-refractivity contribution is -0.117. The zero-order chi connectivity index (χ0) is 24.1. The number of carbonyl (C=O) groups excluding carboxylic acids is 1. The van der Waals surface area contributed by atoms with Crippen molar-refractivity contribution < 1.29 is 17.9 Å². The molecule has 0 unspecified atom stereocenters. The average Bonchev–Trinajstić information content (AvgIpc) is 3.31. The molecule has 2 aromatic rings. The summed E-state index contributed by atoms with van der Waals surface area (Å²) in [5.74, 6) is 0.292. The number of nitriles is 1. The Kier molecular flexibility index (Phi) is 7.24. The van der Waals surface area contributed by atoms with Crippen molar-refractivity contribution in [1.82, 2.24) is 5.32 Å². The van der Waals surface area contributed by atoms with E-state index < -0.39 is 15.7 Å². The predicted molar refractivity (Wildman–Crippen MR) is 134 cm³/mol. The molecule has 0 aliphatic carbocycles. The summed E-state index contributed by atoms with van der Waals surface area (Å²) in [5, 5.41) is 12.6. The number of rotatable bonds is 7. The molecule has 2 fully saturated rings. The Morgan fingerprint density at radius 1 is 1.24 bits per heavy atom. The van der Waals surface area contributed by atoms with Gasteiger partial charge in [0.25, 0.3) is 5.91 Å². The van der Waals surface area contributed by atoms with Crippen LogP contribution in [0.15, 0.2) is 71.4 Å². The number of fused-ring (bicyclic) bond motifs is 1. The lowest BCUT2D eigenvalue weighted by Crippen LogP contribution is -2.37. The van der Waals surface area contributed by atoms with Gasteiger partial charge in [-0.2, -0.15) is 5.26 Å². The van der Waals surface area contributed by atoms with E-state index in [0.717, 1.165) is 11.3 Å². The first-order chi connectivity index (χ1) is 16.4. The monoisotopic (exact) mass is 496 g/mol. The molecule has 0 aromatic heterocycles. The standard InChI is InChI=1S/C24H24N4O4S2/c1-32-20-9-7-19(8-10-20)28-21-15-34(30,31)16-22(21)33-24(28)27-14-18(13-25)23(29)26-12-11-17-5-3-2-4-6-17/h2-10,14,21-22H,11-12,15-16H2,1H3,(H,26,29)/b18-14+,27-24?/t21-,22+/m1/s1. The molecule has 4 rings (SSSR count). The Bertz CT molecular complexity index is 1250. The van der Waals surface area contributed by atoms with Crippen LogP contribution in [-0.4, -0.2) is 55.9 Å². The number of hydrogen-bond donors (Lipinski definition) is 1. The van der Waals surface area contributed by atoms with Crippen LogP contribution in [0.5, 0.6) is 5.75 Å². The van der Waals surface area contributed by atoms with Crippen molar-refractivity contribution in [2.24, 2.45) is 4.99 Å². The molecule has 2 heterocycles. The summed E-state index contributed by atoms with van der Waals surface area (Å²) in [5.41, 5.74) is 1.75. The highest BCUT2D eigenvalue weighted by molar-refractivity contribution is 8.16. The van der Waals surface area contributed by atoms with Gasteiger partial charge in [-0.25, -0.2) is 13.4 Å². The fraction of sp³-hybridized carbons (Fsp3) is 0.292. The number of ether oxygens (including phenoxy) is 1. The number of anilines is 1. The molecule has 1 amide bonds.